The minimum absolute atomic E-state index is 0.253. The second-order valence-electron chi connectivity index (χ2n) is 4.50. The lowest BCUT2D eigenvalue weighted by Crippen LogP contribution is -2.50. The number of rotatable bonds is 9. The Morgan fingerprint density at radius 1 is 1.39 bits per heavy atom. The first-order valence-electron chi connectivity index (χ1n) is 6.22. The van der Waals surface area contributed by atoms with Crippen LogP contribution in [-0.2, 0) is 15.0 Å². The highest BCUT2D eigenvalue weighted by Crippen LogP contribution is 2.10. The van der Waals surface area contributed by atoms with E-state index in [1.165, 1.54) is 7.05 Å². The average Bonchev–Trinajstić information content (AvgIpc) is 2.31. The van der Waals surface area contributed by atoms with Crippen LogP contribution >= 0.6 is 0 Å². The molecule has 108 valence electrons. The fourth-order valence-corrected chi connectivity index (χ4v) is 2.60. The van der Waals surface area contributed by atoms with Gasteiger partial charge in [0.15, 0.2) is 0 Å². The van der Waals surface area contributed by atoms with Crippen LogP contribution in [0.2, 0.25) is 0 Å². The minimum Gasteiger partial charge on any atom is -0.480 e. The fourth-order valence-electron chi connectivity index (χ4n) is 1.40. The number of carboxylic acid groups (broad SMARTS) is 1. The normalized spacial score (nSPS) is 15.6. The molecule has 0 aliphatic rings. The van der Waals surface area contributed by atoms with E-state index in [9.17, 15) is 13.2 Å². The van der Waals surface area contributed by atoms with Crippen molar-refractivity contribution >= 4 is 16.2 Å². The maximum absolute atomic E-state index is 11.9. The van der Waals surface area contributed by atoms with Crippen molar-refractivity contribution in [2.24, 2.45) is 5.92 Å². The van der Waals surface area contributed by atoms with Gasteiger partial charge < -0.3 is 5.11 Å². The van der Waals surface area contributed by atoms with Crippen LogP contribution in [0.3, 0.4) is 0 Å². The molecule has 0 radical (unpaired) electrons. The minimum atomic E-state index is -3.73. The summed E-state index contributed by atoms with van der Waals surface area (Å²) >= 11 is 0. The van der Waals surface area contributed by atoms with Crippen LogP contribution in [0, 0.1) is 5.92 Å². The van der Waals surface area contributed by atoms with Crippen molar-refractivity contribution < 1.29 is 18.3 Å². The highest BCUT2D eigenvalue weighted by molar-refractivity contribution is 7.87. The smallest absolute Gasteiger partial charge is 0.322 e. The van der Waals surface area contributed by atoms with Gasteiger partial charge in [-0.25, -0.2) is 0 Å². The zero-order chi connectivity index (χ0) is 14.3. The summed E-state index contributed by atoms with van der Waals surface area (Å²) in [7, 11) is -2.28. The maximum Gasteiger partial charge on any atom is 0.322 e. The van der Waals surface area contributed by atoms with Crippen molar-refractivity contribution in [1.82, 2.24) is 9.03 Å². The second kappa shape index (κ2) is 7.70. The van der Waals surface area contributed by atoms with Gasteiger partial charge in [0.2, 0.25) is 0 Å². The van der Waals surface area contributed by atoms with Gasteiger partial charge in [-0.2, -0.15) is 17.4 Å². The number of hydrogen-bond donors (Lipinski definition) is 2. The van der Waals surface area contributed by atoms with E-state index in [2.05, 4.69) is 4.72 Å². The molecule has 0 aliphatic heterocycles. The van der Waals surface area contributed by atoms with Crippen LogP contribution in [0.1, 0.15) is 40.0 Å². The lowest BCUT2D eigenvalue weighted by molar-refractivity contribution is -0.140. The third kappa shape index (κ3) is 5.32. The van der Waals surface area contributed by atoms with E-state index in [0.29, 0.717) is 13.0 Å². The van der Waals surface area contributed by atoms with E-state index in [1.807, 2.05) is 13.8 Å². The molecule has 2 N–H and O–H groups in total. The summed E-state index contributed by atoms with van der Waals surface area (Å²) in [4.78, 5) is 11.1. The summed E-state index contributed by atoms with van der Waals surface area (Å²) in [5, 5.41) is 9.05. The van der Waals surface area contributed by atoms with Crippen molar-refractivity contribution in [2.75, 3.05) is 13.6 Å². The Labute approximate surface area is 110 Å². The van der Waals surface area contributed by atoms with Gasteiger partial charge in [-0.15, -0.1) is 0 Å². The maximum atomic E-state index is 11.9. The first-order chi connectivity index (χ1) is 8.26. The molecule has 7 heteroatoms. The molecule has 0 rings (SSSR count). The number of nitrogens with one attached hydrogen (secondary N) is 1. The molecule has 0 heterocycles. The van der Waals surface area contributed by atoms with Crippen LogP contribution in [0.15, 0.2) is 0 Å². The second-order valence-corrected chi connectivity index (χ2v) is 6.31. The average molecular weight is 280 g/mol. The summed E-state index contributed by atoms with van der Waals surface area (Å²) in [6, 6.07) is -1.08. The molecule has 0 aromatic heterocycles. The molecule has 0 aromatic rings. The largest absolute Gasteiger partial charge is 0.480 e. The SMILES string of the molecule is CCCCN(C)S(=O)(=O)NC(C(=O)O)C(C)CC. The van der Waals surface area contributed by atoms with Gasteiger partial charge in [-0.1, -0.05) is 33.6 Å². The van der Waals surface area contributed by atoms with E-state index in [4.69, 9.17) is 5.11 Å². The molecule has 0 amide bonds. The predicted molar refractivity (Wildman–Crippen MR) is 70.5 cm³/mol. The Hall–Kier alpha value is -0.660. The third-order valence-electron chi connectivity index (χ3n) is 2.99. The molecule has 0 spiro atoms. The van der Waals surface area contributed by atoms with Crippen LogP contribution in [-0.4, -0.2) is 43.4 Å². The number of carbonyl (C=O) groups is 1. The van der Waals surface area contributed by atoms with E-state index < -0.39 is 22.2 Å². The Balaban J connectivity index is 4.75. The Morgan fingerprint density at radius 2 is 1.94 bits per heavy atom. The molecule has 0 bridgehead atoms. The summed E-state index contributed by atoms with van der Waals surface area (Å²) in [6.07, 6.45) is 2.23. The van der Waals surface area contributed by atoms with E-state index in [1.54, 1.807) is 6.92 Å². The van der Waals surface area contributed by atoms with Crippen molar-refractivity contribution in [2.45, 2.75) is 46.1 Å². The Bertz CT molecular complexity index is 356. The first-order valence-corrected chi connectivity index (χ1v) is 7.66. The monoisotopic (exact) mass is 280 g/mol. The van der Waals surface area contributed by atoms with Crippen LogP contribution < -0.4 is 4.72 Å². The van der Waals surface area contributed by atoms with Crippen molar-refractivity contribution in [3.8, 4) is 0 Å². The fraction of sp³-hybridized carbons (Fsp3) is 0.909. The lowest BCUT2D eigenvalue weighted by atomic mass is 10.0. The molecule has 0 aromatic carbocycles. The Morgan fingerprint density at radius 3 is 2.33 bits per heavy atom. The molecule has 0 fully saturated rings. The molecule has 18 heavy (non-hydrogen) atoms. The molecule has 2 atom stereocenters. The molecular formula is C11H24N2O4S. The molecule has 0 saturated heterocycles. The molecule has 6 nitrogen and oxygen atoms in total. The molecule has 0 saturated carbocycles. The van der Waals surface area contributed by atoms with E-state index in [-0.39, 0.29) is 5.92 Å². The lowest BCUT2D eigenvalue weighted by Gasteiger charge is -2.24. The predicted octanol–water partition coefficient (Wildman–Crippen LogP) is 1.05. The summed E-state index contributed by atoms with van der Waals surface area (Å²) in [5.74, 6) is -1.39. The third-order valence-corrected chi connectivity index (χ3v) is 4.55. The van der Waals surface area contributed by atoms with Gasteiger partial charge in [0.1, 0.15) is 6.04 Å². The summed E-state index contributed by atoms with van der Waals surface area (Å²) < 4.78 is 27.3. The van der Waals surface area contributed by atoms with Crippen LogP contribution in [0.4, 0.5) is 0 Å². The number of hydrogen-bond acceptors (Lipinski definition) is 3. The van der Waals surface area contributed by atoms with Gasteiger partial charge in [0.05, 0.1) is 0 Å². The molecule has 0 aliphatic carbocycles. The van der Waals surface area contributed by atoms with E-state index in [0.717, 1.165) is 17.1 Å². The summed E-state index contributed by atoms with van der Waals surface area (Å²) in [5.41, 5.74) is 0. The van der Waals surface area contributed by atoms with Gasteiger partial charge >= 0.3 is 5.97 Å². The van der Waals surface area contributed by atoms with Gasteiger partial charge in [-0.3, -0.25) is 4.79 Å². The number of nitrogens with zero attached hydrogens (tertiary/aromatic N) is 1. The van der Waals surface area contributed by atoms with Crippen molar-refractivity contribution in [1.29, 1.82) is 0 Å². The van der Waals surface area contributed by atoms with Gasteiger partial charge in [-0.05, 0) is 12.3 Å². The highest BCUT2D eigenvalue weighted by Gasteiger charge is 2.30. The molecule has 2 unspecified atom stereocenters. The van der Waals surface area contributed by atoms with Crippen LogP contribution in [0.25, 0.3) is 0 Å². The van der Waals surface area contributed by atoms with Crippen LogP contribution in [0.5, 0.6) is 0 Å². The van der Waals surface area contributed by atoms with Gasteiger partial charge in [0.25, 0.3) is 10.2 Å². The van der Waals surface area contributed by atoms with E-state index >= 15 is 0 Å². The standard InChI is InChI=1S/C11H24N2O4S/c1-5-7-8-13(4)18(16,17)12-10(11(14)15)9(3)6-2/h9-10,12H,5-8H2,1-4H3,(H,14,15). The number of aliphatic carboxylic acids is 1. The molecular weight excluding hydrogens is 256 g/mol. The van der Waals surface area contributed by atoms with Crippen molar-refractivity contribution in [3.05, 3.63) is 0 Å². The first kappa shape index (κ1) is 17.3. The number of carboxylic acids is 1. The number of unbranched alkanes of at least 4 members (excludes halogenated alkanes) is 1. The zero-order valence-corrected chi connectivity index (χ0v) is 12.3. The van der Waals surface area contributed by atoms with Gasteiger partial charge in [0, 0.05) is 13.6 Å². The topological polar surface area (TPSA) is 86.7 Å². The zero-order valence-electron chi connectivity index (χ0n) is 11.5. The Kier molecular flexibility index (Phi) is 7.42. The highest BCUT2D eigenvalue weighted by atomic mass is 32.2. The van der Waals surface area contributed by atoms with Crippen molar-refractivity contribution in [3.63, 3.8) is 0 Å². The quantitative estimate of drug-likeness (QED) is 0.661. The summed E-state index contributed by atoms with van der Waals surface area (Å²) in [6.45, 7) is 5.90.